The minimum Gasteiger partial charge on any atom is -0.455 e. The summed E-state index contributed by atoms with van der Waals surface area (Å²) in [7, 11) is -6.52. The van der Waals surface area contributed by atoms with E-state index < -0.39 is 62.9 Å². The largest absolute Gasteiger partial charge is 0.455 e. The molecule has 1 N–H and O–H groups in total. The molecule has 0 aliphatic heterocycles. The summed E-state index contributed by atoms with van der Waals surface area (Å²) in [6.07, 6.45) is -8.97. The van der Waals surface area contributed by atoms with Gasteiger partial charge in [-0.15, -0.1) is 0 Å². The van der Waals surface area contributed by atoms with Gasteiger partial charge in [-0.2, -0.15) is 30.4 Å². The molecule has 32 heavy (non-hydrogen) atoms. The minimum absolute atomic E-state index is 0.0309. The number of ether oxygens (including phenoxy) is 2. The normalized spacial score (nSPS) is 35.3. The van der Waals surface area contributed by atoms with Crippen molar-refractivity contribution >= 4 is 22.1 Å². The van der Waals surface area contributed by atoms with E-state index in [1.54, 1.807) is 6.92 Å². The zero-order valence-electron chi connectivity index (χ0n) is 17.2. The van der Waals surface area contributed by atoms with Crippen molar-refractivity contribution in [2.75, 3.05) is 0 Å². The maximum Gasteiger partial charge on any atom is 0.432 e. The highest BCUT2D eigenvalue weighted by Gasteiger charge is 2.68. The van der Waals surface area contributed by atoms with Crippen molar-refractivity contribution in [1.29, 1.82) is 0 Å². The van der Waals surface area contributed by atoms with Crippen LogP contribution >= 0.6 is 0 Å². The van der Waals surface area contributed by atoms with E-state index in [1.165, 1.54) is 6.92 Å². The maximum absolute atomic E-state index is 13.8. The quantitative estimate of drug-likeness (QED) is 0.263. The van der Waals surface area contributed by atoms with Crippen LogP contribution in [-0.4, -0.2) is 48.0 Å². The van der Waals surface area contributed by atoms with Gasteiger partial charge >= 0.3 is 33.5 Å². The lowest BCUT2D eigenvalue weighted by Gasteiger charge is -2.52. The molecule has 7 unspecified atom stereocenters. The highest BCUT2D eigenvalue weighted by atomic mass is 32.2. The predicted octanol–water partition coefficient (Wildman–Crippen LogP) is 3.50. The van der Waals surface area contributed by atoms with Gasteiger partial charge in [0.2, 0.25) is 0 Å². The van der Waals surface area contributed by atoms with Gasteiger partial charge in [0.05, 0.1) is 5.92 Å². The Kier molecular flexibility index (Phi) is 5.94. The van der Waals surface area contributed by atoms with Crippen molar-refractivity contribution < 1.29 is 54.0 Å². The molecule has 0 heterocycles. The van der Waals surface area contributed by atoms with Crippen molar-refractivity contribution in [3.63, 3.8) is 0 Å². The Labute approximate surface area is 181 Å². The topological polar surface area (TPSA) is 107 Å². The fourth-order valence-corrected chi connectivity index (χ4v) is 6.08. The van der Waals surface area contributed by atoms with Crippen LogP contribution in [0.4, 0.5) is 22.0 Å². The molecule has 3 aliphatic carbocycles. The molecule has 182 valence electrons. The molecular weight excluding hydrogens is 467 g/mol. The van der Waals surface area contributed by atoms with E-state index in [4.69, 9.17) is 9.29 Å². The first-order chi connectivity index (χ1) is 14.4. The molecule has 13 heteroatoms. The summed E-state index contributed by atoms with van der Waals surface area (Å²) in [4.78, 5) is 24.7. The number of alkyl halides is 5. The number of halogens is 5. The van der Waals surface area contributed by atoms with Crippen LogP contribution in [-0.2, 0) is 29.2 Å². The molecule has 3 fully saturated rings. The molecule has 0 aromatic carbocycles. The first kappa shape index (κ1) is 24.9. The Morgan fingerprint density at radius 1 is 1.12 bits per heavy atom. The van der Waals surface area contributed by atoms with Crippen LogP contribution in [0, 0.1) is 29.6 Å². The lowest BCUT2D eigenvalue weighted by molar-refractivity contribution is -0.262. The van der Waals surface area contributed by atoms with Gasteiger partial charge in [-0.3, -0.25) is 9.35 Å². The number of carbonyl (C=O) groups is 2. The number of fused-ring (bicyclic) bond motifs is 1. The van der Waals surface area contributed by atoms with Crippen molar-refractivity contribution in [1.82, 2.24) is 0 Å². The third-order valence-corrected chi connectivity index (χ3v) is 7.81. The Morgan fingerprint density at radius 2 is 1.69 bits per heavy atom. The Bertz CT molecular complexity index is 931. The van der Waals surface area contributed by atoms with Crippen LogP contribution < -0.4 is 0 Å². The third-order valence-electron chi connectivity index (χ3n) is 6.91. The first-order valence-corrected chi connectivity index (χ1v) is 11.4. The Hall–Kier alpha value is -1.76. The van der Waals surface area contributed by atoms with E-state index in [0.717, 1.165) is 0 Å². The molecule has 0 radical (unpaired) electrons. The SMILES string of the molecule is C=C(C)C(=O)OC12CC3CC1C(CC(C)C3C(=O)OC(C(F)(F)F)C(F)(F)S(=O)(=O)O)C2. The Balaban J connectivity index is 1.85. The van der Waals surface area contributed by atoms with Crippen LogP contribution in [0.3, 0.4) is 0 Å². The zero-order chi connectivity index (χ0) is 24.4. The molecule has 3 saturated carbocycles. The monoisotopic (exact) mass is 490 g/mol. The molecular formula is C19H23F5O7S. The molecule has 7 atom stereocenters. The standard InChI is InChI=1S/C19H23F5O7S/c1-8(2)14(25)31-17-6-10-4-9(3)13(11(7-17)5-12(10)17)15(26)30-16(18(20,21)22)19(23,24)32(27,28)29/h9-13,16H,1,4-7H2,2-3H3,(H,27,28,29). The summed E-state index contributed by atoms with van der Waals surface area (Å²) >= 11 is 0. The fourth-order valence-electron chi connectivity index (χ4n) is 5.62. The maximum atomic E-state index is 13.8. The average Bonchev–Trinajstić information content (AvgIpc) is 2.80. The highest BCUT2D eigenvalue weighted by molar-refractivity contribution is 7.86. The molecule has 0 saturated heterocycles. The smallest absolute Gasteiger partial charge is 0.432 e. The number of hydrogen-bond donors (Lipinski definition) is 1. The predicted molar refractivity (Wildman–Crippen MR) is 97.7 cm³/mol. The average molecular weight is 490 g/mol. The van der Waals surface area contributed by atoms with Crippen molar-refractivity contribution in [3.8, 4) is 0 Å². The zero-order valence-corrected chi connectivity index (χ0v) is 18.0. The molecule has 7 nitrogen and oxygen atoms in total. The number of rotatable bonds is 6. The molecule has 3 aliphatic rings. The summed E-state index contributed by atoms with van der Waals surface area (Å²) in [5, 5.41) is -5.78. The second-order valence-electron chi connectivity index (χ2n) is 9.14. The number of hydrogen-bond acceptors (Lipinski definition) is 6. The van der Waals surface area contributed by atoms with Gasteiger partial charge in [0.25, 0.3) is 6.10 Å². The van der Waals surface area contributed by atoms with Crippen molar-refractivity contribution in [3.05, 3.63) is 12.2 Å². The second-order valence-corrected chi connectivity index (χ2v) is 10.6. The second kappa shape index (κ2) is 7.64. The van der Waals surface area contributed by atoms with Crippen LogP contribution in [0.1, 0.15) is 39.5 Å². The van der Waals surface area contributed by atoms with Gasteiger partial charge in [0.15, 0.2) is 0 Å². The van der Waals surface area contributed by atoms with Gasteiger partial charge < -0.3 is 9.47 Å². The van der Waals surface area contributed by atoms with Gasteiger partial charge in [0, 0.05) is 11.5 Å². The van der Waals surface area contributed by atoms with Gasteiger partial charge in [-0.1, -0.05) is 13.5 Å². The van der Waals surface area contributed by atoms with Gasteiger partial charge in [-0.05, 0) is 50.4 Å². The lowest BCUT2D eigenvalue weighted by atomic mass is 9.59. The fraction of sp³-hybridized carbons (Fsp3) is 0.789. The third kappa shape index (κ3) is 4.02. The summed E-state index contributed by atoms with van der Waals surface area (Å²) in [5.41, 5.74) is -0.738. The van der Waals surface area contributed by atoms with Crippen LogP contribution in [0.15, 0.2) is 12.2 Å². The van der Waals surface area contributed by atoms with Crippen LogP contribution in [0.25, 0.3) is 0 Å². The first-order valence-electron chi connectivity index (χ1n) is 9.91. The van der Waals surface area contributed by atoms with Gasteiger partial charge in [-0.25, -0.2) is 4.79 Å². The summed E-state index contributed by atoms with van der Waals surface area (Å²) < 4.78 is 107. The molecule has 0 amide bonds. The Morgan fingerprint density at radius 3 is 2.19 bits per heavy atom. The van der Waals surface area contributed by atoms with E-state index >= 15 is 0 Å². The number of esters is 2. The van der Waals surface area contributed by atoms with Crippen molar-refractivity contribution in [2.45, 2.75) is 62.7 Å². The molecule has 2 bridgehead atoms. The van der Waals surface area contributed by atoms with Crippen molar-refractivity contribution in [2.24, 2.45) is 29.6 Å². The summed E-state index contributed by atoms with van der Waals surface area (Å²) in [6.45, 7) is 6.54. The molecule has 0 aromatic heterocycles. The van der Waals surface area contributed by atoms with Crippen LogP contribution in [0.2, 0.25) is 0 Å². The van der Waals surface area contributed by atoms with E-state index in [2.05, 4.69) is 11.3 Å². The lowest BCUT2D eigenvalue weighted by Crippen LogP contribution is -2.55. The minimum atomic E-state index is -6.52. The van der Waals surface area contributed by atoms with Crippen LogP contribution in [0.5, 0.6) is 0 Å². The van der Waals surface area contributed by atoms with Gasteiger partial charge in [0.1, 0.15) is 5.60 Å². The van der Waals surface area contributed by atoms with E-state index in [0.29, 0.717) is 19.3 Å². The summed E-state index contributed by atoms with van der Waals surface area (Å²) in [5.74, 6) is -4.75. The molecule has 0 aromatic rings. The molecule has 0 spiro atoms. The number of carbonyl (C=O) groups excluding carboxylic acids is 2. The van der Waals surface area contributed by atoms with E-state index in [1.807, 2.05) is 0 Å². The molecule has 3 rings (SSSR count). The van der Waals surface area contributed by atoms with E-state index in [-0.39, 0.29) is 23.8 Å². The highest BCUT2D eigenvalue weighted by Crippen LogP contribution is 2.65. The van der Waals surface area contributed by atoms with E-state index in [9.17, 15) is 40.0 Å². The summed E-state index contributed by atoms with van der Waals surface area (Å²) in [6, 6.07) is 0.